The van der Waals surface area contributed by atoms with Crippen LogP contribution in [0, 0.1) is 6.92 Å². The minimum atomic E-state index is 0.329. The van der Waals surface area contributed by atoms with Crippen LogP contribution in [0.1, 0.15) is 23.6 Å². The van der Waals surface area contributed by atoms with Crippen LogP contribution in [0.2, 0.25) is 5.02 Å². The van der Waals surface area contributed by atoms with Crippen molar-refractivity contribution in [1.82, 2.24) is 4.98 Å². The lowest BCUT2D eigenvalue weighted by Crippen LogP contribution is -2.03. The van der Waals surface area contributed by atoms with E-state index in [9.17, 15) is 0 Å². The third-order valence-corrected chi connectivity index (χ3v) is 3.25. The predicted molar refractivity (Wildman–Crippen MR) is 78.8 cm³/mol. The molecule has 0 bridgehead atoms. The Balaban J connectivity index is 2.24. The maximum absolute atomic E-state index is 8.94. The molecule has 5 heteroatoms. The van der Waals surface area contributed by atoms with Gasteiger partial charge in [0.25, 0.3) is 0 Å². The number of aromatic nitrogens is 1. The van der Waals surface area contributed by atoms with Gasteiger partial charge in [0.15, 0.2) is 0 Å². The molecule has 0 unspecified atom stereocenters. The Hall–Kier alpha value is -2.07. The first-order chi connectivity index (χ1) is 9.61. The fourth-order valence-electron chi connectivity index (χ4n) is 1.78. The molecule has 0 aliphatic carbocycles. The summed E-state index contributed by atoms with van der Waals surface area (Å²) >= 11 is 6.04. The van der Waals surface area contributed by atoms with Crippen molar-refractivity contribution < 1.29 is 9.94 Å². The van der Waals surface area contributed by atoms with Gasteiger partial charge in [0.2, 0.25) is 0 Å². The van der Waals surface area contributed by atoms with Gasteiger partial charge in [0.05, 0.1) is 10.7 Å². The second-order valence-electron chi connectivity index (χ2n) is 4.44. The zero-order valence-corrected chi connectivity index (χ0v) is 12.1. The van der Waals surface area contributed by atoms with Gasteiger partial charge < -0.3 is 9.94 Å². The van der Waals surface area contributed by atoms with Gasteiger partial charge in [-0.05, 0) is 32.0 Å². The van der Waals surface area contributed by atoms with Crippen LogP contribution < -0.4 is 4.74 Å². The summed E-state index contributed by atoms with van der Waals surface area (Å²) in [5.74, 6) is 0.652. The van der Waals surface area contributed by atoms with Crippen molar-refractivity contribution in [2.75, 3.05) is 0 Å². The third kappa shape index (κ3) is 3.27. The van der Waals surface area contributed by atoms with E-state index in [0.29, 0.717) is 23.1 Å². The van der Waals surface area contributed by atoms with E-state index in [1.165, 1.54) is 0 Å². The van der Waals surface area contributed by atoms with Gasteiger partial charge in [-0.3, -0.25) is 4.98 Å². The lowest BCUT2D eigenvalue weighted by molar-refractivity contribution is 0.303. The Kier molecular flexibility index (Phi) is 4.58. The SMILES string of the molecule is CC(=NO)c1cc(C)ccc1OCc1ccncc1Cl. The zero-order chi connectivity index (χ0) is 14.5. The monoisotopic (exact) mass is 290 g/mol. The van der Waals surface area contributed by atoms with Crippen molar-refractivity contribution >= 4 is 17.3 Å². The summed E-state index contributed by atoms with van der Waals surface area (Å²) in [6, 6.07) is 7.52. The topological polar surface area (TPSA) is 54.7 Å². The molecule has 2 aromatic rings. The summed E-state index contributed by atoms with van der Waals surface area (Å²) in [7, 11) is 0. The standard InChI is InChI=1S/C15H15ClN2O2/c1-10-3-4-15(13(7-10)11(2)18-19)20-9-12-5-6-17-8-14(12)16/h3-8,19H,9H2,1-2H3. The molecule has 1 heterocycles. The van der Waals surface area contributed by atoms with Gasteiger partial charge >= 0.3 is 0 Å². The lowest BCUT2D eigenvalue weighted by Gasteiger charge is -2.12. The first-order valence-electron chi connectivity index (χ1n) is 6.12. The maximum Gasteiger partial charge on any atom is 0.128 e. The minimum absolute atomic E-state index is 0.329. The molecule has 104 valence electrons. The van der Waals surface area contributed by atoms with Gasteiger partial charge in [-0.15, -0.1) is 0 Å². The molecular weight excluding hydrogens is 276 g/mol. The van der Waals surface area contributed by atoms with Crippen LogP contribution in [0.15, 0.2) is 41.8 Å². The van der Waals surface area contributed by atoms with Crippen LogP contribution in [0.4, 0.5) is 0 Å². The average Bonchev–Trinajstić information content (AvgIpc) is 2.46. The van der Waals surface area contributed by atoms with E-state index < -0.39 is 0 Å². The van der Waals surface area contributed by atoms with E-state index in [4.69, 9.17) is 21.5 Å². The first-order valence-corrected chi connectivity index (χ1v) is 6.50. The second kappa shape index (κ2) is 6.39. The van der Waals surface area contributed by atoms with Crippen molar-refractivity contribution in [3.05, 3.63) is 58.4 Å². The molecule has 20 heavy (non-hydrogen) atoms. The quantitative estimate of drug-likeness (QED) is 0.529. The number of nitrogens with zero attached hydrogens (tertiary/aromatic N) is 2. The molecule has 4 nitrogen and oxygen atoms in total. The summed E-state index contributed by atoms with van der Waals surface area (Å²) in [4.78, 5) is 3.93. The van der Waals surface area contributed by atoms with E-state index in [-0.39, 0.29) is 0 Å². The van der Waals surface area contributed by atoms with Gasteiger partial charge in [-0.25, -0.2) is 0 Å². The number of hydrogen-bond donors (Lipinski definition) is 1. The van der Waals surface area contributed by atoms with E-state index in [1.54, 1.807) is 19.3 Å². The molecule has 0 fully saturated rings. The maximum atomic E-state index is 8.94. The van der Waals surface area contributed by atoms with Gasteiger partial charge in [0, 0.05) is 23.5 Å². The molecule has 2 rings (SSSR count). The summed E-state index contributed by atoms with van der Waals surface area (Å²) < 4.78 is 5.78. The summed E-state index contributed by atoms with van der Waals surface area (Å²) in [5.41, 5.74) is 3.19. The van der Waals surface area contributed by atoms with E-state index >= 15 is 0 Å². The highest BCUT2D eigenvalue weighted by Crippen LogP contribution is 2.23. The molecule has 1 aromatic carbocycles. The Morgan fingerprint density at radius 2 is 2.20 bits per heavy atom. The summed E-state index contributed by atoms with van der Waals surface area (Å²) in [6.07, 6.45) is 3.25. The Morgan fingerprint density at radius 3 is 2.90 bits per heavy atom. The molecule has 0 saturated heterocycles. The van der Waals surface area contributed by atoms with Gasteiger partial charge in [0.1, 0.15) is 12.4 Å². The average molecular weight is 291 g/mol. The molecule has 1 aromatic heterocycles. The number of ether oxygens (including phenoxy) is 1. The van der Waals surface area contributed by atoms with Crippen LogP contribution in [-0.4, -0.2) is 15.9 Å². The molecule has 0 spiro atoms. The molecule has 0 atom stereocenters. The number of hydrogen-bond acceptors (Lipinski definition) is 4. The van der Waals surface area contributed by atoms with Crippen molar-refractivity contribution in [2.24, 2.45) is 5.16 Å². The fourth-order valence-corrected chi connectivity index (χ4v) is 1.96. The predicted octanol–water partition coefficient (Wildman–Crippen LogP) is 3.82. The van der Waals surface area contributed by atoms with Crippen molar-refractivity contribution in [3.63, 3.8) is 0 Å². The van der Waals surface area contributed by atoms with Gasteiger partial charge in [-0.2, -0.15) is 0 Å². The Labute approximate surface area is 122 Å². The van der Waals surface area contributed by atoms with Crippen molar-refractivity contribution in [1.29, 1.82) is 0 Å². The Bertz CT molecular complexity index is 642. The van der Waals surface area contributed by atoms with E-state index in [0.717, 1.165) is 16.7 Å². The third-order valence-electron chi connectivity index (χ3n) is 2.91. The number of halogens is 1. The second-order valence-corrected chi connectivity index (χ2v) is 4.85. The molecule has 0 aliphatic heterocycles. The number of rotatable bonds is 4. The molecule has 0 saturated carbocycles. The number of benzene rings is 1. The van der Waals surface area contributed by atoms with Crippen LogP contribution >= 0.6 is 11.6 Å². The van der Waals surface area contributed by atoms with Crippen LogP contribution in [-0.2, 0) is 6.61 Å². The molecule has 0 amide bonds. The molecular formula is C15H15ClN2O2. The fraction of sp³-hybridized carbons (Fsp3) is 0.200. The van der Waals surface area contributed by atoms with E-state index in [1.807, 2.05) is 31.2 Å². The first kappa shape index (κ1) is 14.3. The van der Waals surface area contributed by atoms with Crippen molar-refractivity contribution in [2.45, 2.75) is 20.5 Å². The highest BCUT2D eigenvalue weighted by molar-refractivity contribution is 6.31. The largest absolute Gasteiger partial charge is 0.488 e. The Morgan fingerprint density at radius 1 is 1.40 bits per heavy atom. The molecule has 0 radical (unpaired) electrons. The minimum Gasteiger partial charge on any atom is -0.488 e. The lowest BCUT2D eigenvalue weighted by atomic mass is 10.1. The highest BCUT2D eigenvalue weighted by atomic mass is 35.5. The van der Waals surface area contributed by atoms with Crippen molar-refractivity contribution in [3.8, 4) is 5.75 Å². The smallest absolute Gasteiger partial charge is 0.128 e. The van der Waals surface area contributed by atoms with Crippen LogP contribution in [0.3, 0.4) is 0 Å². The normalized spacial score (nSPS) is 11.4. The van der Waals surface area contributed by atoms with Crippen LogP contribution in [0.25, 0.3) is 0 Å². The molecule has 1 N–H and O–H groups in total. The highest BCUT2D eigenvalue weighted by Gasteiger charge is 2.09. The number of oxime groups is 1. The number of aryl methyl sites for hydroxylation is 1. The van der Waals surface area contributed by atoms with Gasteiger partial charge in [-0.1, -0.05) is 28.4 Å². The summed E-state index contributed by atoms with van der Waals surface area (Å²) in [5, 5.41) is 12.7. The van der Waals surface area contributed by atoms with Crippen LogP contribution in [0.5, 0.6) is 5.75 Å². The number of pyridine rings is 1. The summed E-state index contributed by atoms with van der Waals surface area (Å²) in [6.45, 7) is 4.02. The van der Waals surface area contributed by atoms with E-state index in [2.05, 4.69) is 10.1 Å². The molecule has 0 aliphatic rings. The zero-order valence-electron chi connectivity index (χ0n) is 11.3.